The number of carbonyl (C=O) groups excluding carboxylic acids is 1. The maximum atomic E-state index is 12.2. The Labute approximate surface area is 144 Å². The molecule has 0 radical (unpaired) electrons. The summed E-state index contributed by atoms with van der Waals surface area (Å²) >= 11 is 0. The summed E-state index contributed by atoms with van der Waals surface area (Å²) in [5, 5.41) is 4.03. The number of para-hydroxylation sites is 1. The van der Waals surface area contributed by atoms with E-state index in [1.807, 2.05) is 48.7 Å². The molecule has 0 aliphatic carbocycles. The number of rotatable bonds is 5. The maximum Gasteiger partial charge on any atom is 0.224 e. The number of fused-ring (bicyclic) bond motifs is 1. The van der Waals surface area contributed by atoms with Crippen LogP contribution in [0.4, 0.5) is 0 Å². The Hall–Kier alpha value is -3.34. The van der Waals surface area contributed by atoms with E-state index in [0.29, 0.717) is 13.0 Å². The second-order valence-corrected chi connectivity index (χ2v) is 5.88. The molecule has 1 aromatic carbocycles. The van der Waals surface area contributed by atoms with Gasteiger partial charge < -0.3 is 14.7 Å². The van der Waals surface area contributed by atoms with Crippen LogP contribution < -0.4 is 5.32 Å². The number of nitrogens with one attached hydrogen (secondary N) is 2. The van der Waals surface area contributed by atoms with E-state index in [1.54, 1.807) is 18.7 Å². The van der Waals surface area contributed by atoms with Crippen LogP contribution in [0.3, 0.4) is 0 Å². The fraction of sp³-hybridized carbons (Fsp3) is 0.100. The van der Waals surface area contributed by atoms with Crippen molar-refractivity contribution >= 4 is 16.8 Å². The summed E-state index contributed by atoms with van der Waals surface area (Å²) in [6.45, 7) is 0.458. The summed E-state index contributed by atoms with van der Waals surface area (Å²) in [6.07, 6.45) is 7.30. The minimum Gasteiger partial charge on any atom is -0.472 e. The molecule has 0 saturated heterocycles. The van der Waals surface area contributed by atoms with Crippen molar-refractivity contribution in [1.82, 2.24) is 15.3 Å². The van der Waals surface area contributed by atoms with Crippen LogP contribution in [0.15, 0.2) is 71.8 Å². The number of aromatic amines is 1. The minimum atomic E-state index is -0.0105. The Bertz CT molecular complexity index is 985. The quantitative estimate of drug-likeness (QED) is 0.586. The number of furan rings is 1. The van der Waals surface area contributed by atoms with Crippen molar-refractivity contribution in [2.75, 3.05) is 0 Å². The van der Waals surface area contributed by atoms with Gasteiger partial charge in [0, 0.05) is 35.4 Å². The third-order valence-corrected chi connectivity index (χ3v) is 4.16. The SMILES string of the molecule is O=C(Cc1c[nH]c2ccccc12)NCc1ccc(-c2ccoc2)nc1. The zero-order valence-corrected chi connectivity index (χ0v) is 13.5. The van der Waals surface area contributed by atoms with Gasteiger partial charge in [0.25, 0.3) is 0 Å². The zero-order valence-electron chi connectivity index (χ0n) is 13.5. The third-order valence-electron chi connectivity index (χ3n) is 4.16. The molecule has 0 fully saturated rings. The normalized spacial score (nSPS) is 10.9. The fourth-order valence-electron chi connectivity index (χ4n) is 2.82. The first-order chi connectivity index (χ1) is 12.3. The van der Waals surface area contributed by atoms with Crippen LogP contribution in [0.25, 0.3) is 22.2 Å². The highest BCUT2D eigenvalue weighted by Crippen LogP contribution is 2.18. The van der Waals surface area contributed by atoms with Gasteiger partial charge >= 0.3 is 0 Å². The van der Waals surface area contributed by atoms with Gasteiger partial charge in [-0.25, -0.2) is 0 Å². The molecule has 5 nitrogen and oxygen atoms in total. The Morgan fingerprint density at radius 2 is 2.08 bits per heavy atom. The second-order valence-electron chi connectivity index (χ2n) is 5.88. The molecule has 25 heavy (non-hydrogen) atoms. The summed E-state index contributed by atoms with van der Waals surface area (Å²) in [6, 6.07) is 13.7. The highest BCUT2D eigenvalue weighted by atomic mass is 16.3. The molecule has 0 spiro atoms. The molecule has 124 valence electrons. The first-order valence-corrected chi connectivity index (χ1v) is 8.09. The summed E-state index contributed by atoms with van der Waals surface area (Å²) in [5.41, 5.74) is 4.79. The summed E-state index contributed by atoms with van der Waals surface area (Å²) in [5.74, 6) is -0.0105. The van der Waals surface area contributed by atoms with E-state index in [4.69, 9.17) is 4.42 Å². The Kier molecular flexibility index (Phi) is 4.04. The number of hydrogen-bond acceptors (Lipinski definition) is 3. The average molecular weight is 331 g/mol. The molecule has 1 amide bonds. The lowest BCUT2D eigenvalue weighted by atomic mass is 10.1. The monoisotopic (exact) mass is 331 g/mol. The molecular formula is C20H17N3O2. The van der Waals surface area contributed by atoms with Gasteiger partial charge in [0.05, 0.1) is 24.6 Å². The highest BCUT2D eigenvalue weighted by Gasteiger charge is 2.08. The van der Waals surface area contributed by atoms with E-state index >= 15 is 0 Å². The van der Waals surface area contributed by atoms with Crippen LogP contribution >= 0.6 is 0 Å². The topological polar surface area (TPSA) is 70.9 Å². The fourth-order valence-corrected chi connectivity index (χ4v) is 2.82. The standard InChI is InChI=1S/C20H17N3O2/c24-20(9-16-12-22-19-4-2-1-3-17(16)19)23-11-14-5-6-18(21-10-14)15-7-8-25-13-15/h1-8,10,12-13,22H,9,11H2,(H,23,24). The number of aromatic nitrogens is 2. The van der Waals surface area contributed by atoms with Crippen molar-refractivity contribution < 1.29 is 9.21 Å². The molecule has 0 saturated carbocycles. The van der Waals surface area contributed by atoms with Gasteiger partial charge in [0.15, 0.2) is 0 Å². The van der Waals surface area contributed by atoms with Crippen LogP contribution in [0.5, 0.6) is 0 Å². The first kappa shape index (κ1) is 15.2. The number of carbonyl (C=O) groups is 1. The van der Waals surface area contributed by atoms with E-state index < -0.39 is 0 Å². The van der Waals surface area contributed by atoms with Gasteiger partial charge in [-0.2, -0.15) is 0 Å². The molecule has 0 unspecified atom stereocenters. The molecule has 0 atom stereocenters. The van der Waals surface area contributed by atoms with Crippen LogP contribution in [-0.2, 0) is 17.8 Å². The first-order valence-electron chi connectivity index (χ1n) is 8.09. The summed E-state index contributed by atoms with van der Waals surface area (Å²) < 4.78 is 5.06. The van der Waals surface area contributed by atoms with E-state index in [9.17, 15) is 4.79 Å². The summed E-state index contributed by atoms with van der Waals surface area (Å²) in [4.78, 5) is 19.8. The highest BCUT2D eigenvalue weighted by molar-refractivity contribution is 5.88. The average Bonchev–Trinajstić information content (AvgIpc) is 3.31. The number of nitrogens with zero attached hydrogens (tertiary/aromatic N) is 1. The van der Waals surface area contributed by atoms with Crippen molar-refractivity contribution in [3.63, 3.8) is 0 Å². The number of hydrogen-bond donors (Lipinski definition) is 2. The Morgan fingerprint density at radius 3 is 2.88 bits per heavy atom. The predicted molar refractivity (Wildman–Crippen MR) is 95.8 cm³/mol. The van der Waals surface area contributed by atoms with Gasteiger partial charge in [-0.15, -0.1) is 0 Å². The number of H-pyrrole nitrogens is 1. The molecule has 3 heterocycles. The molecule has 4 rings (SSSR count). The molecule has 0 bridgehead atoms. The zero-order chi connectivity index (χ0) is 17.1. The van der Waals surface area contributed by atoms with Gasteiger partial charge in [0.2, 0.25) is 5.91 Å². The van der Waals surface area contributed by atoms with Crippen molar-refractivity contribution in [3.05, 3.63) is 78.5 Å². The van der Waals surface area contributed by atoms with Crippen molar-refractivity contribution in [2.45, 2.75) is 13.0 Å². The van der Waals surface area contributed by atoms with E-state index in [0.717, 1.165) is 33.3 Å². The van der Waals surface area contributed by atoms with Gasteiger partial charge in [0.1, 0.15) is 0 Å². The largest absolute Gasteiger partial charge is 0.472 e. The van der Waals surface area contributed by atoms with Gasteiger partial charge in [-0.05, 0) is 29.3 Å². The Morgan fingerprint density at radius 1 is 1.16 bits per heavy atom. The number of amides is 1. The lowest BCUT2D eigenvalue weighted by Crippen LogP contribution is -2.24. The van der Waals surface area contributed by atoms with Crippen LogP contribution in [0.1, 0.15) is 11.1 Å². The van der Waals surface area contributed by atoms with Crippen molar-refractivity contribution in [1.29, 1.82) is 0 Å². The summed E-state index contributed by atoms with van der Waals surface area (Å²) in [7, 11) is 0. The predicted octanol–water partition coefficient (Wildman–Crippen LogP) is 3.68. The molecular weight excluding hydrogens is 314 g/mol. The number of benzene rings is 1. The van der Waals surface area contributed by atoms with Gasteiger partial charge in [-0.3, -0.25) is 9.78 Å². The minimum absolute atomic E-state index is 0.0105. The second kappa shape index (κ2) is 6.65. The molecule has 3 aromatic heterocycles. The molecule has 4 aromatic rings. The lowest BCUT2D eigenvalue weighted by molar-refractivity contribution is -0.120. The smallest absolute Gasteiger partial charge is 0.224 e. The Balaban J connectivity index is 1.37. The van der Waals surface area contributed by atoms with Gasteiger partial charge in [-0.1, -0.05) is 24.3 Å². The molecule has 5 heteroatoms. The lowest BCUT2D eigenvalue weighted by Gasteiger charge is -2.05. The molecule has 0 aliphatic rings. The molecule has 0 aliphatic heterocycles. The van der Waals surface area contributed by atoms with E-state index in [-0.39, 0.29) is 5.91 Å². The van der Waals surface area contributed by atoms with Crippen LogP contribution in [0.2, 0.25) is 0 Å². The number of pyridine rings is 1. The van der Waals surface area contributed by atoms with E-state index in [1.165, 1.54) is 0 Å². The third kappa shape index (κ3) is 3.30. The van der Waals surface area contributed by atoms with Crippen LogP contribution in [-0.4, -0.2) is 15.9 Å². The van der Waals surface area contributed by atoms with Crippen molar-refractivity contribution in [2.24, 2.45) is 0 Å². The maximum absolute atomic E-state index is 12.2. The molecule has 2 N–H and O–H groups in total. The van der Waals surface area contributed by atoms with Crippen molar-refractivity contribution in [3.8, 4) is 11.3 Å². The van der Waals surface area contributed by atoms with E-state index in [2.05, 4.69) is 15.3 Å². The van der Waals surface area contributed by atoms with Crippen LogP contribution in [0, 0.1) is 0 Å².